The van der Waals surface area contributed by atoms with Crippen molar-refractivity contribution in [2.24, 2.45) is 0 Å². The van der Waals surface area contributed by atoms with Crippen LogP contribution in [0.15, 0.2) is 47.0 Å². The van der Waals surface area contributed by atoms with Gasteiger partial charge in [0, 0.05) is 19.4 Å². The fourth-order valence-corrected chi connectivity index (χ4v) is 2.66. The van der Waals surface area contributed by atoms with Gasteiger partial charge in [0.15, 0.2) is 0 Å². The summed E-state index contributed by atoms with van der Waals surface area (Å²) in [4.78, 5) is 22.6. The Morgan fingerprint density at radius 2 is 1.67 bits per heavy atom. The van der Waals surface area contributed by atoms with E-state index in [0.29, 0.717) is 17.1 Å². The van der Waals surface area contributed by atoms with E-state index >= 15 is 0 Å². The molecule has 4 heteroatoms. The Balaban J connectivity index is 2.47. The van der Waals surface area contributed by atoms with Crippen molar-refractivity contribution in [3.8, 4) is 0 Å². The zero-order valence-electron chi connectivity index (χ0n) is 12.5. The third kappa shape index (κ3) is 3.94. The summed E-state index contributed by atoms with van der Waals surface area (Å²) in [7, 11) is 0. The number of allylic oxidation sites excluding steroid dienone is 4. The van der Waals surface area contributed by atoms with Crippen molar-refractivity contribution in [1.82, 2.24) is 0 Å². The molecule has 2 rings (SSSR count). The Kier molecular flexibility index (Phi) is 4.78. The van der Waals surface area contributed by atoms with Crippen molar-refractivity contribution >= 4 is 11.9 Å². The predicted molar refractivity (Wildman–Crippen MR) is 78.9 cm³/mol. The van der Waals surface area contributed by atoms with Crippen LogP contribution in [0.2, 0.25) is 0 Å². The van der Waals surface area contributed by atoms with E-state index in [-0.39, 0.29) is 11.9 Å². The van der Waals surface area contributed by atoms with Crippen molar-refractivity contribution < 1.29 is 19.1 Å². The average molecular weight is 288 g/mol. The molecule has 1 saturated carbocycles. The lowest BCUT2D eigenvalue weighted by Gasteiger charge is -2.14. The molecule has 0 atom stereocenters. The monoisotopic (exact) mass is 288 g/mol. The van der Waals surface area contributed by atoms with Crippen LogP contribution in [0.4, 0.5) is 0 Å². The van der Waals surface area contributed by atoms with Gasteiger partial charge in [0.25, 0.3) is 0 Å². The van der Waals surface area contributed by atoms with Crippen LogP contribution in [-0.4, -0.2) is 11.9 Å². The van der Waals surface area contributed by atoms with E-state index in [0.717, 1.165) is 43.3 Å². The number of hydrogen-bond acceptors (Lipinski definition) is 4. The quantitative estimate of drug-likeness (QED) is 0.727. The van der Waals surface area contributed by atoms with Gasteiger partial charge >= 0.3 is 11.9 Å². The second-order valence-corrected chi connectivity index (χ2v) is 5.30. The summed E-state index contributed by atoms with van der Waals surface area (Å²) in [6.45, 7) is 6.69. The topological polar surface area (TPSA) is 52.6 Å². The van der Waals surface area contributed by atoms with Crippen molar-refractivity contribution in [1.29, 1.82) is 0 Å². The van der Waals surface area contributed by atoms with Crippen molar-refractivity contribution in [2.75, 3.05) is 0 Å². The van der Waals surface area contributed by atoms with Crippen molar-refractivity contribution in [2.45, 2.75) is 46.0 Å². The first kappa shape index (κ1) is 15.3. The number of fused-ring (bicyclic) bond motifs is 1. The summed E-state index contributed by atoms with van der Waals surface area (Å²) in [6.07, 6.45) is 8.49. The minimum Gasteiger partial charge on any atom is -0.427 e. The average Bonchev–Trinajstić information content (AvgIpc) is 2.64. The van der Waals surface area contributed by atoms with Crippen LogP contribution in [0.1, 0.15) is 46.0 Å². The van der Waals surface area contributed by atoms with Gasteiger partial charge < -0.3 is 9.47 Å². The van der Waals surface area contributed by atoms with Gasteiger partial charge in [0.1, 0.15) is 11.5 Å². The molecule has 0 bridgehead atoms. The molecule has 0 amide bonds. The highest BCUT2D eigenvalue weighted by atomic mass is 16.5. The Morgan fingerprint density at radius 1 is 1.00 bits per heavy atom. The van der Waals surface area contributed by atoms with E-state index in [9.17, 15) is 9.59 Å². The summed E-state index contributed by atoms with van der Waals surface area (Å²) in [5, 5.41) is 0. The summed E-state index contributed by atoms with van der Waals surface area (Å²) >= 11 is 0. The maximum atomic E-state index is 11.4. The van der Waals surface area contributed by atoms with Gasteiger partial charge in [-0.2, -0.15) is 0 Å². The van der Waals surface area contributed by atoms with Gasteiger partial charge in [-0.05, 0) is 49.0 Å². The summed E-state index contributed by atoms with van der Waals surface area (Å²) in [6, 6.07) is 0. The van der Waals surface area contributed by atoms with Gasteiger partial charge in [-0.15, -0.1) is 0 Å². The second-order valence-electron chi connectivity index (χ2n) is 5.30. The van der Waals surface area contributed by atoms with Crippen LogP contribution in [0.3, 0.4) is 0 Å². The van der Waals surface area contributed by atoms with Crippen LogP contribution in [0.5, 0.6) is 0 Å². The fourth-order valence-electron chi connectivity index (χ4n) is 2.66. The molecule has 0 saturated heterocycles. The van der Waals surface area contributed by atoms with E-state index in [1.807, 2.05) is 6.08 Å². The fraction of sp³-hybridized carbons (Fsp3) is 0.412. The van der Waals surface area contributed by atoms with E-state index in [4.69, 9.17) is 9.47 Å². The first-order valence-corrected chi connectivity index (χ1v) is 7.19. The van der Waals surface area contributed by atoms with Crippen LogP contribution in [0, 0.1) is 0 Å². The minimum atomic E-state index is -0.378. The van der Waals surface area contributed by atoms with E-state index in [1.54, 1.807) is 6.08 Å². The molecule has 0 radical (unpaired) electrons. The van der Waals surface area contributed by atoms with Gasteiger partial charge in [-0.3, -0.25) is 9.59 Å². The highest BCUT2D eigenvalue weighted by molar-refractivity contribution is 5.71. The molecule has 2 aliphatic rings. The molecule has 0 heterocycles. The lowest BCUT2D eigenvalue weighted by atomic mass is 9.98. The van der Waals surface area contributed by atoms with Crippen LogP contribution in [-0.2, 0) is 19.1 Å². The van der Waals surface area contributed by atoms with Crippen LogP contribution < -0.4 is 0 Å². The highest BCUT2D eigenvalue weighted by Gasteiger charge is 2.22. The molecular formula is C17H20O4. The van der Waals surface area contributed by atoms with Gasteiger partial charge in [-0.1, -0.05) is 13.0 Å². The first-order chi connectivity index (χ1) is 9.97. The lowest BCUT2D eigenvalue weighted by Crippen LogP contribution is -2.04. The van der Waals surface area contributed by atoms with Crippen LogP contribution in [0.25, 0.3) is 0 Å². The largest absolute Gasteiger partial charge is 0.427 e. The van der Waals surface area contributed by atoms with Gasteiger partial charge in [0.2, 0.25) is 0 Å². The smallest absolute Gasteiger partial charge is 0.308 e. The molecule has 0 spiro atoms. The van der Waals surface area contributed by atoms with Crippen molar-refractivity contribution in [3.63, 3.8) is 0 Å². The zero-order valence-corrected chi connectivity index (χ0v) is 12.5. The standard InChI is InChI=1S/C17H20O4/c1-11-9-15(20-12(2)18)10-14-7-5-4-6-8-16(14)17(11)21-13(3)19/h9-10H,1,4-8H2,2-3H3. The zero-order chi connectivity index (χ0) is 15.4. The third-order valence-electron chi connectivity index (χ3n) is 3.47. The molecule has 0 unspecified atom stereocenters. The molecule has 0 aliphatic heterocycles. The summed E-state index contributed by atoms with van der Waals surface area (Å²) in [5.41, 5.74) is 2.63. The molecule has 1 fully saturated rings. The molecular weight excluding hydrogens is 268 g/mol. The number of carbonyl (C=O) groups is 2. The molecule has 2 aliphatic carbocycles. The predicted octanol–water partition coefficient (Wildman–Crippen LogP) is 3.71. The Morgan fingerprint density at radius 3 is 2.33 bits per heavy atom. The SMILES string of the molecule is C=C1C=C(OC(C)=O)C=C2CCCCCC2=C1OC(C)=O. The van der Waals surface area contributed by atoms with Crippen molar-refractivity contribution in [3.05, 3.63) is 47.0 Å². The van der Waals surface area contributed by atoms with Gasteiger partial charge in [-0.25, -0.2) is 0 Å². The van der Waals surface area contributed by atoms with E-state index in [2.05, 4.69) is 6.58 Å². The molecule has 0 aromatic carbocycles. The molecule has 0 aromatic rings. The Labute approximate surface area is 124 Å². The van der Waals surface area contributed by atoms with Gasteiger partial charge in [0.05, 0.1) is 0 Å². The Bertz CT molecular complexity index is 576. The maximum absolute atomic E-state index is 11.4. The molecule has 112 valence electrons. The number of carbonyl (C=O) groups excluding carboxylic acids is 2. The first-order valence-electron chi connectivity index (χ1n) is 7.19. The molecule has 21 heavy (non-hydrogen) atoms. The highest BCUT2D eigenvalue weighted by Crippen LogP contribution is 2.36. The third-order valence-corrected chi connectivity index (χ3v) is 3.47. The summed E-state index contributed by atoms with van der Waals surface area (Å²) < 4.78 is 10.6. The second kappa shape index (κ2) is 6.57. The van der Waals surface area contributed by atoms with E-state index < -0.39 is 0 Å². The number of ether oxygens (including phenoxy) is 2. The molecule has 0 N–H and O–H groups in total. The number of hydrogen-bond donors (Lipinski definition) is 0. The molecule has 0 aromatic heterocycles. The Hall–Kier alpha value is -2.10. The number of rotatable bonds is 2. The minimum absolute atomic E-state index is 0.369. The van der Waals surface area contributed by atoms with Crippen LogP contribution >= 0.6 is 0 Å². The maximum Gasteiger partial charge on any atom is 0.308 e. The normalized spacial score (nSPS) is 18.9. The lowest BCUT2D eigenvalue weighted by molar-refractivity contribution is -0.137. The molecule has 4 nitrogen and oxygen atoms in total. The van der Waals surface area contributed by atoms with E-state index in [1.165, 1.54) is 13.8 Å². The number of esters is 2. The summed E-state index contributed by atoms with van der Waals surface area (Å²) in [5.74, 6) is 0.213.